The average Bonchev–Trinajstić information content (AvgIpc) is 2.79. The van der Waals surface area contributed by atoms with E-state index in [9.17, 15) is 0 Å². The summed E-state index contributed by atoms with van der Waals surface area (Å²) >= 11 is 0. The van der Waals surface area contributed by atoms with Crippen LogP contribution in [0.15, 0.2) is 91.0 Å². The molecule has 152 valence electrons. The van der Waals surface area contributed by atoms with Gasteiger partial charge in [-0.15, -0.1) is 0 Å². The predicted octanol–water partition coefficient (Wildman–Crippen LogP) is 7.49. The van der Waals surface area contributed by atoms with Crippen molar-refractivity contribution in [3.8, 4) is 11.4 Å². The van der Waals surface area contributed by atoms with Gasteiger partial charge in [-0.05, 0) is 34.6 Å². The third kappa shape index (κ3) is 3.75. The van der Waals surface area contributed by atoms with Crippen molar-refractivity contribution in [3.05, 3.63) is 96.6 Å². The van der Waals surface area contributed by atoms with Crippen LogP contribution < -0.4 is 5.32 Å². The van der Waals surface area contributed by atoms with Crippen LogP contribution in [0.5, 0.6) is 0 Å². The lowest BCUT2D eigenvalue weighted by Gasteiger charge is -2.19. The van der Waals surface area contributed by atoms with Crippen molar-refractivity contribution >= 4 is 33.2 Å². The summed E-state index contributed by atoms with van der Waals surface area (Å²) in [4.78, 5) is 9.79. The molecule has 0 aliphatic carbocycles. The van der Waals surface area contributed by atoms with Gasteiger partial charge in [0.15, 0.2) is 5.82 Å². The number of rotatable bonds is 3. The van der Waals surface area contributed by atoms with Crippen molar-refractivity contribution < 1.29 is 0 Å². The largest absolute Gasteiger partial charge is 0.339 e. The van der Waals surface area contributed by atoms with Gasteiger partial charge < -0.3 is 5.32 Å². The van der Waals surface area contributed by atoms with Crippen LogP contribution in [0.3, 0.4) is 0 Å². The minimum Gasteiger partial charge on any atom is -0.339 e. The molecule has 0 saturated carbocycles. The van der Waals surface area contributed by atoms with Crippen molar-refractivity contribution in [3.63, 3.8) is 0 Å². The Morgan fingerprint density at radius 1 is 0.645 bits per heavy atom. The first-order valence-corrected chi connectivity index (χ1v) is 10.6. The van der Waals surface area contributed by atoms with Gasteiger partial charge in [0.2, 0.25) is 0 Å². The number of anilines is 2. The Morgan fingerprint density at radius 2 is 1.32 bits per heavy atom. The molecule has 4 aromatic carbocycles. The van der Waals surface area contributed by atoms with Crippen LogP contribution >= 0.6 is 0 Å². The number of para-hydroxylation sites is 1. The first-order valence-electron chi connectivity index (χ1n) is 10.6. The van der Waals surface area contributed by atoms with E-state index in [0.29, 0.717) is 0 Å². The molecule has 1 heterocycles. The molecule has 0 amide bonds. The number of hydrogen-bond donors (Lipinski definition) is 1. The molecule has 1 N–H and O–H groups in total. The molecule has 0 bridgehead atoms. The Labute approximate surface area is 182 Å². The Morgan fingerprint density at radius 3 is 2.10 bits per heavy atom. The number of fused-ring (bicyclic) bond motifs is 2. The highest BCUT2D eigenvalue weighted by Crippen LogP contribution is 2.31. The van der Waals surface area contributed by atoms with E-state index in [0.717, 1.165) is 33.8 Å². The third-order valence-corrected chi connectivity index (χ3v) is 5.66. The van der Waals surface area contributed by atoms with Gasteiger partial charge in [0.1, 0.15) is 5.82 Å². The van der Waals surface area contributed by atoms with Crippen molar-refractivity contribution in [1.29, 1.82) is 0 Å². The number of nitrogens with zero attached hydrogens (tertiary/aromatic N) is 2. The fraction of sp³-hybridized carbons (Fsp3) is 0.143. The van der Waals surface area contributed by atoms with Gasteiger partial charge in [0, 0.05) is 22.0 Å². The normalized spacial score (nSPS) is 11.7. The standard InChI is InChI=1S/C28H25N3/c1-28(2,3)21-17-15-20(16-18-21)26-29-25-13-7-6-12-23(25)27(31-26)30-24-14-8-10-19-9-4-5-11-22(19)24/h4-18H,1-3H3,(H,29,30,31). The van der Waals surface area contributed by atoms with E-state index in [2.05, 4.69) is 98.9 Å². The van der Waals surface area contributed by atoms with E-state index >= 15 is 0 Å². The highest BCUT2D eigenvalue weighted by molar-refractivity contribution is 5.99. The molecule has 3 heteroatoms. The fourth-order valence-corrected chi connectivity index (χ4v) is 3.88. The van der Waals surface area contributed by atoms with E-state index < -0.39 is 0 Å². The number of aromatic nitrogens is 2. The molecule has 5 rings (SSSR count). The minimum atomic E-state index is 0.115. The van der Waals surface area contributed by atoms with Crippen LogP contribution in [0.4, 0.5) is 11.5 Å². The van der Waals surface area contributed by atoms with Gasteiger partial charge in [-0.3, -0.25) is 0 Å². The molecule has 31 heavy (non-hydrogen) atoms. The molecular weight excluding hydrogens is 378 g/mol. The fourth-order valence-electron chi connectivity index (χ4n) is 3.88. The zero-order chi connectivity index (χ0) is 21.4. The van der Waals surface area contributed by atoms with Crippen LogP contribution in [-0.4, -0.2) is 9.97 Å². The Bertz CT molecular complexity index is 1370. The molecule has 5 aromatic rings. The summed E-state index contributed by atoms with van der Waals surface area (Å²) in [5, 5.41) is 6.96. The third-order valence-electron chi connectivity index (χ3n) is 5.66. The molecule has 0 atom stereocenters. The molecule has 1 aromatic heterocycles. The Kier molecular flexibility index (Phi) is 4.67. The lowest BCUT2D eigenvalue weighted by atomic mass is 9.87. The highest BCUT2D eigenvalue weighted by Gasteiger charge is 2.15. The monoisotopic (exact) mass is 403 g/mol. The summed E-state index contributed by atoms with van der Waals surface area (Å²) in [6.45, 7) is 6.67. The lowest BCUT2D eigenvalue weighted by molar-refractivity contribution is 0.590. The number of nitrogens with one attached hydrogen (secondary N) is 1. The summed E-state index contributed by atoms with van der Waals surface area (Å²) in [6, 6.07) is 31.4. The lowest BCUT2D eigenvalue weighted by Crippen LogP contribution is -2.10. The van der Waals surface area contributed by atoms with E-state index in [1.54, 1.807) is 0 Å². The van der Waals surface area contributed by atoms with Crippen molar-refractivity contribution in [2.45, 2.75) is 26.2 Å². The van der Waals surface area contributed by atoms with Crippen LogP contribution in [0.25, 0.3) is 33.1 Å². The zero-order valence-electron chi connectivity index (χ0n) is 18.1. The summed E-state index contributed by atoms with van der Waals surface area (Å²) in [7, 11) is 0. The first kappa shape index (κ1) is 19.3. The molecule has 0 fully saturated rings. The molecular formula is C28H25N3. The van der Waals surface area contributed by atoms with Crippen LogP contribution in [0, 0.1) is 0 Å². The zero-order valence-corrected chi connectivity index (χ0v) is 18.1. The quantitative estimate of drug-likeness (QED) is 0.339. The van der Waals surface area contributed by atoms with Gasteiger partial charge in [-0.25, -0.2) is 9.97 Å². The van der Waals surface area contributed by atoms with Crippen molar-refractivity contribution in [2.24, 2.45) is 0 Å². The van der Waals surface area contributed by atoms with E-state index in [-0.39, 0.29) is 5.41 Å². The molecule has 0 saturated heterocycles. The van der Waals surface area contributed by atoms with Gasteiger partial charge in [-0.1, -0.05) is 93.6 Å². The van der Waals surface area contributed by atoms with E-state index in [1.807, 2.05) is 18.2 Å². The maximum Gasteiger partial charge on any atom is 0.162 e. The topological polar surface area (TPSA) is 37.8 Å². The second kappa shape index (κ2) is 7.51. The van der Waals surface area contributed by atoms with Crippen LogP contribution in [0.1, 0.15) is 26.3 Å². The smallest absolute Gasteiger partial charge is 0.162 e. The summed E-state index contributed by atoms with van der Waals surface area (Å²) in [5.74, 6) is 1.54. The highest BCUT2D eigenvalue weighted by atomic mass is 15.0. The van der Waals surface area contributed by atoms with Crippen LogP contribution in [-0.2, 0) is 5.41 Å². The Hall–Kier alpha value is -3.72. The molecule has 3 nitrogen and oxygen atoms in total. The number of benzene rings is 4. The SMILES string of the molecule is CC(C)(C)c1ccc(-c2nc(Nc3cccc4ccccc34)c3ccccc3n2)cc1. The van der Waals surface area contributed by atoms with Gasteiger partial charge in [-0.2, -0.15) is 0 Å². The average molecular weight is 404 g/mol. The maximum atomic E-state index is 4.94. The van der Waals surface area contributed by atoms with Gasteiger partial charge in [0.05, 0.1) is 5.52 Å². The van der Waals surface area contributed by atoms with Crippen molar-refractivity contribution in [1.82, 2.24) is 9.97 Å². The summed E-state index contributed by atoms with van der Waals surface area (Å²) in [5.41, 5.74) is 4.39. The van der Waals surface area contributed by atoms with Gasteiger partial charge >= 0.3 is 0 Å². The van der Waals surface area contributed by atoms with Crippen LogP contribution in [0.2, 0.25) is 0 Å². The summed E-state index contributed by atoms with van der Waals surface area (Å²) < 4.78 is 0. The number of hydrogen-bond acceptors (Lipinski definition) is 3. The molecule has 0 aliphatic heterocycles. The van der Waals surface area contributed by atoms with Gasteiger partial charge in [0.25, 0.3) is 0 Å². The second-order valence-electron chi connectivity index (χ2n) is 8.89. The second-order valence-corrected chi connectivity index (χ2v) is 8.89. The summed E-state index contributed by atoms with van der Waals surface area (Å²) in [6.07, 6.45) is 0. The van der Waals surface area contributed by atoms with Crippen molar-refractivity contribution in [2.75, 3.05) is 5.32 Å². The molecule has 0 radical (unpaired) electrons. The maximum absolute atomic E-state index is 4.94. The minimum absolute atomic E-state index is 0.115. The Balaban J connectivity index is 1.63. The van der Waals surface area contributed by atoms with E-state index in [4.69, 9.17) is 9.97 Å². The molecule has 0 spiro atoms. The molecule has 0 aliphatic rings. The molecule has 0 unspecified atom stereocenters. The first-order chi connectivity index (χ1) is 15.0. The van der Waals surface area contributed by atoms with E-state index in [1.165, 1.54) is 16.3 Å². The predicted molar refractivity (Wildman–Crippen MR) is 131 cm³/mol.